The fourth-order valence-electron chi connectivity index (χ4n) is 2.07. The van der Waals surface area contributed by atoms with Gasteiger partial charge in [-0.05, 0) is 31.2 Å². The standard InChI is InChI=1S/C13H21N3O/c1-16(10-13-11-17-9-7-15-13)8-4-12-2-5-14-6-3-12/h2-3,5-6,13,15H,4,7-11H2,1H3. The maximum Gasteiger partial charge on any atom is 0.0632 e. The number of ether oxygens (including phenoxy) is 1. The molecule has 0 bridgehead atoms. The van der Waals surface area contributed by atoms with Crippen molar-refractivity contribution < 1.29 is 4.74 Å². The number of nitrogens with one attached hydrogen (secondary N) is 1. The number of hydrogen-bond donors (Lipinski definition) is 1. The molecule has 1 fully saturated rings. The van der Waals surface area contributed by atoms with Crippen molar-refractivity contribution in [1.82, 2.24) is 15.2 Å². The lowest BCUT2D eigenvalue weighted by molar-refractivity contribution is 0.0655. The van der Waals surface area contributed by atoms with Gasteiger partial charge in [0.2, 0.25) is 0 Å². The van der Waals surface area contributed by atoms with Gasteiger partial charge in [0.25, 0.3) is 0 Å². The Balaban J connectivity index is 1.68. The summed E-state index contributed by atoms with van der Waals surface area (Å²) in [6.45, 7) is 4.77. The molecule has 0 saturated carbocycles. The minimum Gasteiger partial charge on any atom is -0.378 e. The second-order valence-corrected chi connectivity index (χ2v) is 4.59. The smallest absolute Gasteiger partial charge is 0.0632 e. The lowest BCUT2D eigenvalue weighted by atomic mass is 10.2. The fraction of sp³-hybridized carbons (Fsp3) is 0.615. The molecule has 0 aliphatic carbocycles. The Morgan fingerprint density at radius 1 is 1.47 bits per heavy atom. The number of rotatable bonds is 5. The zero-order valence-electron chi connectivity index (χ0n) is 10.4. The summed E-state index contributed by atoms with van der Waals surface area (Å²) in [6, 6.07) is 4.64. The Hall–Kier alpha value is -0.970. The van der Waals surface area contributed by atoms with Crippen LogP contribution in [0.25, 0.3) is 0 Å². The Morgan fingerprint density at radius 2 is 2.29 bits per heavy atom. The molecule has 2 rings (SSSR count). The second kappa shape index (κ2) is 6.69. The van der Waals surface area contributed by atoms with Crippen LogP contribution < -0.4 is 5.32 Å². The average molecular weight is 235 g/mol. The minimum atomic E-state index is 0.478. The molecule has 1 aliphatic rings. The predicted octanol–water partition coefficient (Wildman–Crippen LogP) is 0.544. The van der Waals surface area contributed by atoms with E-state index in [1.807, 2.05) is 12.4 Å². The lowest BCUT2D eigenvalue weighted by Crippen LogP contribution is -2.47. The highest BCUT2D eigenvalue weighted by Crippen LogP contribution is 2.01. The van der Waals surface area contributed by atoms with E-state index in [9.17, 15) is 0 Å². The minimum absolute atomic E-state index is 0.478. The number of likely N-dealkylation sites (N-methyl/N-ethyl adjacent to an activating group) is 1. The monoisotopic (exact) mass is 235 g/mol. The fourth-order valence-corrected chi connectivity index (χ4v) is 2.07. The van der Waals surface area contributed by atoms with Crippen LogP contribution in [0.1, 0.15) is 5.56 Å². The number of nitrogens with zero attached hydrogens (tertiary/aromatic N) is 2. The van der Waals surface area contributed by atoms with Gasteiger partial charge in [0.05, 0.1) is 13.2 Å². The summed E-state index contributed by atoms with van der Waals surface area (Å²) in [5, 5.41) is 3.47. The first-order chi connectivity index (χ1) is 8.34. The van der Waals surface area contributed by atoms with Gasteiger partial charge in [-0.2, -0.15) is 0 Å². The van der Waals surface area contributed by atoms with Crippen LogP contribution >= 0.6 is 0 Å². The highest BCUT2D eigenvalue weighted by molar-refractivity contribution is 5.09. The van der Waals surface area contributed by atoms with Gasteiger partial charge >= 0.3 is 0 Å². The Bertz CT molecular complexity index is 312. The molecular formula is C13H21N3O. The van der Waals surface area contributed by atoms with Gasteiger partial charge in [-0.3, -0.25) is 4.98 Å². The zero-order chi connectivity index (χ0) is 11.9. The average Bonchev–Trinajstić information content (AvgIpc) is 2.39. The van der Waals surface area contributed by atoms with Gasteiger partial charge < -0.3 is 15.0 Å². The van der Waals surface area contributed by atoms with Gasteiger partial charge in [0, 0.05) is 38.1 Å². The molecule has 4 nitrogen and oxygen atoms in total. The first-order valence-electron chi connectivity index (χ1n) is 6.23. The van der Waals surface area contributed by atoms with Crippen LogP contribution in [0.15, 0.2) is 24.5 Å². The molecule has 1 aromatic rings. The normalized spacial score (nSPS) is 20.7. The molecule has 1 aromatic heterocycles. The van der Waals surface area contributed by atoms with Crippen LogP contribution in [0.5, 0.6) is 0 Å². The van der Waals surface area contributed by atoms with Gasteiger partial charge in [0.1, 0.15) is 0 Å². The van der Waals surface area contributed by atoms with Crippen molar-refractivity contribution >= 4 is 0 Å². The van der Waals surface area contributed by atoms with E-state index in [4.69, 9.17) is 4.74 Å². The van der Waals surface area contributed by atoms with Gasteiger partial charge in [-0.1, -0.05) is 0 Å². The van der Waals surface area contributed by atoms with Crippen LogP contribution in [0, 0.1) is 0 Å². The molecule has 0 amide bonds. The first-order valence-corrected chi connectivity index (χ1v) is 6.23. The number of hydrogen-bond acceptors (Lipinski definition) is 4. The third-order valence-electron chi connectivity index (χ3n) is 3.06. The summed E-state index contributed by atoms with van der Waals surface area (Å²) in [5.41, 5.74) is 1.35. The van der Waals surface area contributed by atoms with Gasteiger partial charge in [-0.25, -0.2) is 0 Å². The molecular weight excluding hydrogens is 214 g/mol. The van der Waals surface area contributed by atoms with Gasteiger partial charge in [-0.15, -0.1) is 0 Å². The third-order valence-corrected chi connectivity index (χ3v) is 3.06. The summed E-state index contributed by atoms with van der Waals surface area (Å²) >= 11 is 0. The molecule has 1 N–H and O–H groups in total. The van der Waals surface area contributed by atoms with E-state index in [2.05, 4.69) is 34.4 Å². The zero-order valence-corrected chi connectivity index (χ0v) is 10.4. The van der Waals surface area contributed by atoms with Crippen molar-refractivity contribution in [3.63, 3.8) is 0 Å². The SMILES string of the molecule is CN(CCc1ccncc1)CC1COCCN1. The maximum atomic E-state index is 5.45. The second-order valence-electron chi connectivity index (χ2n) is 4.59. The highest BCUT2D eigenvalue weighted by Gasteiger charge is 2.14. The van der Waals surface area contributed by atoms with E-state index in [-0.39, 0.29) is 0 Å². The Morgan fingerprint density at radius 3 is 3.00 bits per heavy atom. The first kappa shape index (κ1) is 12.5. The molecule has 0 spiro atoms. The summed E-state index contributed by atoms with van der Waals surface area (Å²) < 4.78 is 5.45. The van der Waals surface area contributed by atoms with E-state index in [1.54, 1.807) is 0 Å². The molecule has 0 radical (unpaired) electrons. The Labute approximate surface area is 103 Å². The number of morpholine rings is 1. The quantitative estimate of drug-likeness (QED) is 0.808. The largest absolute Gasteiger partial charge is 0.378 e. The third kappa shape index (κ3) is 4.42. The summed E-state index contributed by atoms with van der Waals surface area (Å²) in [6.07, 6.45) is 4.78. The van der Waals surface area contributed by atoms with Gasteiger partial charge in [0.15, 0.2) is 0 Å². The molecule has 1 saturated heterocycles. The predicted molar refractivity (Wildman–Crippen MR) is 68.0 cm³/mol. The van der Waals surface area contributed by atoms with Crippen LogP contribution in [0.3, 0.4) is 0 Å². The van der Waals surface area contributed by atoms with E-state index in [0.29, 0.717) is 6.04 Å². The number of aromatic nitrogens is 1. The molecule has 1 aliphatic heterocycles. The van der Waals surface area contributed by atoms with E-state index >= 15 is 0 Å². The van der Waals surface area contributed by atoms with E-state index < -0.39 is 0 Å². The van der Waals surface area contributed by atoms with Crippen molar-refractivity contribution in [2.75, 3.05) is 39.9 Å². The van der Waals surface area contributed by atoms with Crippen LogP contribution in [-0.4, -0.2) is 55.8 Å². The van der Waals surface area contributed by atoms with Crippen molar-refractivity contribution in [2.45, 2.75) is 12.5 Å². The highest BCUT2D eigenvalue weighted by atomic mass is 16.5. The summed E-state index contributed by atoms with van der Waals surface area (Å²) in [4.78, 5) is 6.38. The summed E-state index contributed by atoms with van der Waals surface area (Å²) in [7, 11) is 2.16. The van der Waals surface area contributed by atoms with Crippen LogP contribution in [0.2, 0.25) is 0 Å². The number of pyridine rings is 1. The lowest BCUT2D eigenvalue weighted by Gasteiger charge is -2.28. The van der Waals surface area contributed by atoms with Crippen molar-refractivity contribution in [3.05, 3.63) is 30.1 Å². The molecule has 94 valence electrons. The van der Waals surface area contributed by atoms with E-state index in [0.717, 1.165) is 39.3 Å². The molecule has 1 unspecified atom stereocenters. The van der Waals surface area contributed by atoms with Crippen LogP contribution in [-0.2, 0) is 11.2 Å². The molecule has 4 heteroatoms. The Kier molecular flexibility index (Phi) is 4.91. The maximum absolute atomic E-state index is 5.45. The van der Waals surface area contributed by atoms with Crippen molar-refractivity contribution in [3.8, 4) is 0 Å². The molecule has 1 atom stereocenters. The van der Waals surface area contributed by atoms with Crippen molar-refractivity contribution in [1.29, 1.82) is 0 Å². The molecule has 0 aromatic carbocycles. The van der Waals surface area contributed by atoms with Crippen molar-refractivity contribution in [2.24, 2.45) is 0 Å². The molecule has 2 heterocycles. The topological polar surface area (TPSA) is 37.4 Å². The van der Waals surface area contributed by atoms with E-state index in [1.165, 1.54) is 5.56 Å². The molecule has 17 heavy (non-hydrogen) atoms. The summed E-state index contributed by atoms with van der Waals surface area (Å²) in [5.74, 6) is 0. The van der Waals surface area contributed by atoms with Crippen LogP contribution in [0.4, 0.5) is 0 Å².